The fourth-order valence-corrected chi connectivity index (χ4v) is 4.84. The maximum Gasteiger partial charge on any atom is 0.258 e. The van der Waals surface area contributed by atoms with Gasteiger partial charge in [0.1, 0.15) is 5.82 Å². The summed E-state index contributed by atoms with van der Waals surface area (Å²) >= 11 is 0. The summed E-state index contributed by atoms with van der Waals surface area (Å²) in [6.45, 7) is 2.79. The minimum Gasteiger partial charge on any atom is -0.381 e. The van der Waals surface area contributed by atoms with Gasteiger partial charge in [-0.1, -0.05) is 30.3 Å². The number of aromatic amines is 1. The molecule has 2 aliphatic heterocycles. The van der Waals surface area contributed by atoms with Crippen molar-refractivity contribution in [2.45, 2.75) is 31.1 Å². The Bertz CT molecular complexity index is 904. The van der Waals surface area contributed by atoms with Crippen LogP contribution in [0.15, 0.2) is 41.2 Å². The van der Waals surface area contributed by atoms with Crippen molar-refractivity contribution < 1.29 is 0 Å². The van der Waals surface area contributed by atoms with Crippen molar-refractivity contribution >= 4 is 17.6 Å². The van der Waals surface area contributed by atoms with E-state index in [1.54, 1.807) is 5.56 Å². The van der Waals surface area contributed by atoms with Crippen molar-refractivity contribution in [3.05, 3.63) is 63.5 Å². The molecule has 1 aromatic carbocycles. The molecule has 0 radical (unpaired) electrons. The number of nitrogens with zero attached hydrogens (tertiary/aromatic N) is 1. The van der Waals surface area contributed by atoms with Crippen molar-refractivity contribution in [3.63, 3.8) is 0 Å². The third-order valence-corrected chi connectivity index (χ3v) is 6.28. The van der Waals surface area contributed by atoms with Gasteiger partial charge >= 0.3 is 0 Å². The quantitative estimate of drug-likeness (QED) is 0.842. The van der Waals surface area contributed by atoms with E-state index in [2.05, 4.69) is 45.5 Å². The fraction of sp³-hybridized carbons (Fsp3) is 0.381. The van der Waals surface area contributed by atoms with Gasteiger partial charge in [0.05, 0.1) is 11.3 Å². The number of anilines is 2. The first-order chi connectivity index (χ1) is 12.3. The molecular weight excluding hydrogens is 310 g/mol. The number of aryl methyl sites for hydroxylation is 1. The number of hydrogen-bond donors (Lipinski definition) is 2. The normalized spacial score (nSPS) is 20.2. The molecule has 0 atom stereocenters. The molecule has 1 saturated heterocycles. The van der Waals surface area contributed by atoms with Gasteiger partial charge in [-0.2, -0.15) is 0 Å². The van der Waals surface area contributed by atoms with Gasteiger partial charge < -0.3 is 15.2 Å². The molecule has 2 N–H and O–H groups in total. The summed E-state index contributed by atoms with van der Waals surface area (Å²) in [4.78, 5) is 17.8. The molecule has 1 spiro atoms. The lowest BCUT2D eigenvalue weighted by Gasteiger charge is -2.41. The number of pyridine rings is 1. The Labute approximate surface area is 147 Å². The molecule has 3 heterocycles. The average Bonchev–Trinajstić information content (AvgIpc) is 3.01. The third-order valence-electron chi connectivity index (χ3n) is 6.28. The molecule has 25 heavy (non-hydrogen) atoms. The van der Waals surface area contributed by atoms with Crippen molar-refractivity contribution in [3.8, 4) is 0 Å². The Morgan fingerprint density at radius 1 is 1.08 bits per heavy atom. The number of aromatic nitrogens is 1. The van der Waals surface area contributed by atoms with Crippen LogP contribution >= 0.6 is 0 Å². The number of fused-ring (bicyclic) bond motifs is 3. The van der Waals surface area contributed by atoms with E-state index in [4.69, 9.17) is 0 Å². The van der Waals surface area contributed by atoms with E-state index in [0.29, 0.717) is 5.41 Å². The van der Waals surface area contributed by atoms with Gasteiger partial charge in [-0.05, 0) is 48.3 Å². The minimum absolute atomic E-state index is 0.00227. The number of rotatable bonds is 1. The van der Waals surface area contributed by atoms with Gasteiger partial charge in [0.25, 0.3) is 5.56 Å². The Hall–Kier alpha value is -2.49. The largest absolute Gasteiger partial charge is 0.381 e. The van der Waals surface area contributed by atoms with Crippen LogP contribution in [0, 0.1) is 0 Å². The summed E-state index contributed by atoms with van der Waals surface area (Å²) in [5, 5.41) is 3.31. The van der Waals surface area contributed by atoms with E-state index in [9.17, 15) is 4.79 Å². The van der Waals surface area contributed by atoms with E-state index >= 15 is 0 Å². The van der Waals surface area contributed by atoms with Crippen LogP contribution in [0.4, 0.5) is 11.5 Å². The summed E-state index contributed by atoms with van der Waals surface area (Å²) in [5.74, 6) is 0.952. The lowest BCUT2D eigenvalue weighted by atomic mass is 9.74. The van der Waals surface area contributed by atoms with Gasteiger partial charge in [0, 0.05) is 25.7 Å². The van der Waals surface area contributed by atoms with Gasteiger partial charge in [0.2, 0.25) is 0 Å². The predicted octanol–water partition coefficient (Wildman–Crippen LogP) is 3.30. The first-order valence-electron chi connectivity index (χ1n) is 9.26. The standard InChI is InChI=1S/C21H23N3O/c25-20-16-5-3-11-22-18(16)14-19(23-20)24-12-9-21(10-13-24)8-7-15-4-1-2-6-17(15)21/h1-6,14,22H,7-13H2,(H,23,25). The van der Waals surface area contributed by atoms with E-state index < -0.39 is 0 Å². The molecule has 0 amide bonds. The Morgan fingerprint density at radius 2 is 1.92 bits per heavy atom. The highest BCUT2D eigenvalue weighted by molar-refractivity contribution is 5.72. The van der Waals surface area contributed by atoms with Crippen LogP contribution < -0.4 is 15.8 Å². The van der Waals surface area contributed by atoms with Gasteiger partial charge in [-0.3, -0.25) is 4.79 Å². The van der Waals surface area contributed by atoms with Crippen molar-refractivity contribution in [1.29, 1.82) is 0 Å². The molecule has 0 saturated carbocycles. The molecule has 1 aliphatic carbocycles. The minimum atomic E-state index is 0.00227. The maximum atomic E-state index is 12.4. The topological polar surface area (TPSA) is 48.1 Å². The highest BCUT2D eigenvalue weighted by Gasteiger charge is 2.41. The van der Waals surface area contributed by atoms with Gasteiger partial charge in [-0.15, -0.1) is 0 Å². The predicted molar refractivity (Wildman–Crippen MR) is 102 cm³/mol. The molecule has 2 aromatic rings. The van der Waals surface area contributed by atoms with Crippen LogP contribution in [0.25, 0.3) is 6.08 Å². The highest BCUT2D eigenvalue weighted by Crippen LogP contribution is 2.46. The van der Waals surface area contributed by atoms with E-state index in [0.717, 1.165) is 49.5 Å². The zero-order valence-corrected chi connectivity index (χ0v) is 14.3. The van der Waals surface area contributed by atoms with E-state index in [1.807, 2.05) is 12.2 Å². The molecule has 0 bridgehead atoms. The zero-order chi connectivity index (χ0) is 16.9. The molecule has 128 valence electrons. The average molecular weight is 333 g/mol. The molecular formula is C21H23N3O. The first kappa shape index (κ1) is 14.8. The molecule has 5 rings (SSSR count). The van der Waals surface area contributed by atoms with Crippen LogP contribution in [-0.2, 0) is 11.8 Å². The Morgan fingerprint density at radius 3 is 2.80 bits per heavy atom. The second-order valence-corrected chi connectivity index (χ2v) is 7.52. The van der Waals surface area contributed by atoms with Crippen LogP contribution in [0.5, 0.6) is 0 Å². The molecule has 0 unspecified atom stereocenters. The number of benzene rings is 1. The number of H-pyrrole nitrogens is 1. The maximum absolute atomic E-state index is 12.4. The number of hydrogen-bond acceptors (Lipinski definition) is 3. The fourth-order valence-electron chi connectivity index (χ4n) is 4.84. The number of piperidine rings is 1. The summed E-state index contributed by atoms with van der Waals surface area (Å²) < 4.78 is 0. The molecule has 1 aromatic heterocycles. The second-order valence-electron chi connectivity index (χ2n) is 7.52. The van der Waals surface area contributed by atoms with E-state index in [-0.39, 0.29) is 5.56 Å². The third kappa shape index (κ3) is 2.31. The van der Waals surface area contributed by atoms with Gasteiger partial charge in [-0.25, -0.2) is 0 Å². The monoisotopic (exact) mass is 333 g/mol. The SMILES string of the molecule is O=c1[nH]c(N2CCC3(CCc4ccccc43)CC2)cc2c1C=CCN2. The lowest BCUT2D eigenvalue weighted by molar-refractivity contribution is 0.329. The Kier molecular flexibility index (Phi) is 3.27. The van der Waals surface area contributed by atoms with E-state index in [1.165, 1.54) is 18.4 Å². The summed E-state index contributed by atoms with van der Waals surface area (Å²) in [7, 11) is 0. The van der Waals surface area contributed by atoms with Crippen LogP contribution in [0.3, 0.4) is 0 Å². The smallest absolute Gasteiger partial charge is 0.258 e. The summed E-state index contributed by atoms with van der Waals surface area (Å²) in [6.07, 6.45) is 8.71. The van der Waals surface area contributed by atoms with Crippen LogP contribution in [-0.4, -0.2) is 24.6 Å². The first-order valence-corrected chi connectivity index (χ1v) is 9.26. The molecule has 3 aliphatic rings. The highest BCUT2D eigenvalue weighted by atomic mass is 16.1. The summed E-state index contributed by atoms with van der Waals surface area (Å²) in [5.41, 5.74) is 5.15. The Balaban J connectivity index is 1.41. The molecule has 1 fully saturated rings. The van der Waals surface area contributed by atoms with Crippen molar-refractivity contribution in [1.82, 2.24) is 4.98 Å². The lowest BCUT2D eigenvalue weighted by Crippen LogP contribution is -2.42. The van der Waals surface area contributed by atoms with Gasteiger partial charge in [0.15, 0.2) is 0 Å². The molecule has 4 heteroatoms. The van der Waals surface area contributed by atoms with Crippen LogP contribution in [0.1, 0.15) is 36.0 Å². The van der Waals surface area contributed by atoms with Crippen molar-refractivity contribution in [2.24, 2.45) is 0 Å². The van der Waals surface area contributed by atoms with Crippen LogP contribution in [0.2, 0.25) is 0 Å². The zero-order valence-electron chi connectivity index (χ0n) is 14.3. The van der Waals surface area contributed by atoms with Crippen molar-refractivity contribution in [2.75, 3.05) is 29.9 Å². The second kappa shape index (κ2) is 5.51. The number of nitrogens with one attached hydrogen (secondary N) is 2. The summed E-state index contributed by atoms with van der Waals surface area (Å²) in [6, 6.07) is 11.1. The molecule has 4 nitrogen and oxygen atoms in total.